The molecule has 3 rings (SSSR count). The van der Waals surface area contributed by atoms with Crippen LogP contribution in [0, 0.1) is 6.92 Å². The number of amides is 2. The van der Waals surface area contributed by atoms with E-state index in [9.17, 15) is 9.59 Å². The standard InChI is InChI=1S/C19H20N2O2/c1-13-4-2-7-16(10-13)19(23)20-12-18(22)21-17-9-8-14-5-3-6-15(14)11-17/h2,4,7-11H,3,5-6,12H2,1H3,(H,20,23)(H,21,22). The van der Waals surface area contributed by atoms with Crippen LogP contribution >= 0.6 is 0 Å². The molecule has 0 heterocycles. The van der Waals surface area contributed by atoms with Gasteiger partial charge in [0.25, 0.3) is 5.91 Å². The fourth-order valence-corrected chi connectivity index (χ4v) is 2.90. The van der Waals surface area contributed by atoms with Gasteiger partial charge in [0.2, 0.25) is 5.91 Å². The molecule has 0 aliphatic heterocycles. The molecule has 0 bridgehead atoms. The van der Waals surface area contributed by atoms with Crippen LogP contribution in [0.15, 0.2) is 42.5 Å². The largest absolute Gasteiger partial charge is 0.343 e. The molecule has 2 aromatic rings. The molecule has 0 unspecified atom stereocenters. The number of rotatable bonds is 4. The van der Waals surface area contributed by atoms with E-state index in [1.165, 1.54) is 17.5 Å². The van der Waals surface area contributed by atoms with Gasteiger partial charge in [0.15, 0.2) is 0 Å². The van der Waals surface area contributed by atoms with Gasteiger partial charge in [-0.1, -0.05) is 23.8 Å². The van der Waals surface area contributed by atoms with Crippen LogP contribution in [0.4, 0.5) is 5.69 Å². The maximum atomic E-state index is 12.0. The Morgan fingerprint density at radius 1 is 1.04 bits per heavy atom. The number of hydrogen-bond acceptors (Lipinski definition) is 2. The molecule has 1 aliphatic carbocycles. The van der Waals surface area contributed by atoms with Crippen LogP contribution in [0.5, 0.6) is 0 Å². The fourth-order valence-electron chi connectivity index (χ4n) is 2.90. The van der Waals surface area contributed by atoms with Gasteiger partial charge in [0, 0.05) is 11.3 Å². The van der Waals surface area contributed by atoms with Gasteiger partial charge in [-0.3, -0.25) is 9.59 Å². The van der Waals surface area contributed by atoms with Gasteiger partial charge in [-0.25, -0.2) is 0 Å². The van der Waals surface area contributed by atoms with Gasteiger partial charge < -0.3 is 10.6 Å². The molecule has 2 N–H and O–H groups in total. The van der Waals surface area contributed by atoms with E-state index in [1.54, 1.807) is 12.1 Å². The fraction of sp³-hybridized carbons (Fsp3) is 0.263. The Hall–Kier alpha value is -2.62. The van der Waals surface area contributed by atoms with Crippen molar-refractivity contribution < 1.29 is 9.59 Å². The van der Waals surface area contributed by atoms with Crippen molar-refractivity contribution >= 4 is 17.5 Å². The molecule has 0 saturated heterocycles. The van der Waals surface area contributed by atoms with E-state index >= 15 is 0 Å². The number of carbonyl (C=O) groups excluding carboxylic acids is 2. The smallest absolute Gasteiger partial charge is 0.251 e. The zero-order valence-corrected chi connectivity index (χ0v) is 13.2. The van der Waals surface area contributed by atoms with E-state index in [4.69, 9.17) is 0 Å². The Balaban J connectivity index is 1.54. The minimum Gasteiger partial charge on any atom is -0.343 e. The van der Waals surface area contributed by atoms with Gasteiger partial charge >= 0.3 is 0 Å². The molecule has 2 amide bonds. The Morgan fingerprint density at radius 2 is 1.87 bits per heavy atom. The van der Waals surface area contributed by atoms with Crippen molar-refractivity contribution in [3.63, 3.8) is 0 Å². The van der Waals surface area contributed by atoms with Crippen LogP contribution in [-0.2, 0) is 17.6 Å². The van der Waals surface area contributed by atoms with Crippen LogP contribution in [-0.4, -0.2) is 18.4 Å². The molecular weight excluding hydrogens is 288 g/mol. The third-order valence-electron chi connectivity index (χ3n) is 4.07. The highest BCUT2D eigenvalue weighted by Gasteiger charge is 2.12. The first-order valence-corrected chi connectivity index (χ1v) is 7.88. The Labute approximate surface area is 135 Å². The average molecular weight is 308 g/mol. The summed E-state index contributed by atoms with van der Waals surface area (Å²) in [6.07, 6.45) is 3.37. The van der Waals surface area contributed by atoms with Crippen molar-refractivity contribution in [1.29, 1.82) is 0 Å². The number of aryl methyl sites for hydroxylation is 3. The Bertz CT molecular complexity index is 753. The third kappa shape index (κ3) is 3.77. The van der Waals surface area contributed by atoms with Crippen molar-refractivity contribution in [2.24, 2.45) is 0 Å². The molecule has 0 saturated carbocycles. The molecule has 0 atom stereocenters. The highest BCUT2D eigenvalue weighted by molar-refractivity contribution is 5.99. The van der Waals surface area contributed by atoms with Gasteiger partial charge in [0.1, 0.15) is 0 Å². The number of benzene rings is 2. The molecule has 0 aromatic heterocycles. The maximum Gasteiger partial charge on any atom is 0.251 e. The second kappa shape index (κ2) is 6.65. The molecule has 118 valence electrons. The zero-order valence-electron chi connectivity index (χ0n) is 13.2. The summed E-state index contributed by atoms with van der Waals surface area (Å²) in [5, 5.41) is 5.48. The maximum absolute atomic E-state index is 12.0. The van der Waals surface area contributed by atoms with Crippen LogP contribution < -0.4 is 10.6 Å². The number of fused-ring (bicyclic) bond motifs is 1. The van der Waals surface area contributed by atoms with E-state index in [1.807, 2.05) is 31.2 Å². The predicted octanol–water partition coefficient (Wildman–Crippen LogP) is 2.85. The lowest BCUT2D eigenvalue weighted by Gasteiger charge is -2.09. The highest BCUT2D eigenvalue weighted by atomic mass is 16.2. The number of anilines is 1. The lowest BCUT2D eigenvalue weighted by atomic mass is 10.1. The second-order valence-corrected chi connectivity index (χ2v) is 5.94. The van der Waals surface area contributed by atoms with Gasteiger partial charge in [-0.05, 0) is 61.6 Å². The minimum absolute atomic E-state index is 0.0378. The van der Waals surface area contributed by atoms with Crippen LogP contribution in [0.2, 0.25) is 0 Å². The normalized spacial score (nSPS) is 12.6. The molecule has 4 nitrogen and oxygen atoms in total. The van der Waals surface area contributed by atoms with Crippen LogP contribution in [0.1, 0.15) is 33.5 Å². The molecule has 23 heavy (non-hydrogen) atoms. The highest BCUT2D eigenvalue weighted by Crippen LogP contribution is 2.24. The summed E-state index contributed by atoms with van der Waals surface area (Å²) < 4.78 is 0. The molecular formula is C19H20N2O2. The van der Waals surface area contributed by atoms with E-state index < -0.39 is 0 Å². The summed E-state index contributed by atoms with van der Waals surface area (Å²) in [6.45, 7) is 1.89. The topological polar surface area (TPSA) is 58.2 Å². The van der Waals surface area contributed by atoms with E-state index in [-0.39, 0.29) is 18.4 Å². The summed E-state index contributed by atoms with van der Waals surface area (Å²) in [6, 6.07) is 13.3. The summed E-state index contributed by atoms with van der Waals surface area (Å²) in [4.78, 5) is 24.0. The molecule has 1 aliphatic rings. The first kappa shape index (κ1) is 15.3. The second-order valence-electron chi connectivity index (χ2n) is 5.94. The van der Waals surface area contributed by atoms with E-state index in [0.717, 1.165) is 24.1 Å². The Morgan fingerprint density at radius 3 is 2.70 bits per heavy atom. The van der Waals surface area contributed by atoms with Crippen molar-refractivity contribution in [3.8, 4) is 0 Å². The Kier molecular flexibility index (Phi) is 4.42. The minimum atomic E-state index is -0.238. The van der Waals surface area contributed by atoms with Crippen molar-refractivity contribution in [3.05, 3.63) is 64.7 Å². The molecule has 0 spiro atoms. The van der Waals surface area contributed by atoms with E-state index in [2.05, 4.69) is 16.7 Å². The van der Waals surface area contributed by atoms with Crippen molar-refractivity contribution in [2.75, 3.05) is 11.9 Å². The summed E-state index contributed by atoms with van der Waals surface area (Å²) >= 11 is 0. The number of hydrogen-bond donors (Lipinski definition) is 2. The molecule has 0 radical (unpaired) electrons. The lowest BCUT2D eigenvalue weighted by molar-refractivity contribution is -0.115. The van der Waals surface area contributed by atoms with Gasteiger partial charge in [0.05, 0.1) is 6.54 Å². The molecule has 0 fully saturated rings. The summed E-state index contributed by atoms with van der Waals surface area (Å²) in [5.74, 6) is -0.457. The van der Waals surface area contributed by atoms with Crippen LogP contribution in [0.25, 0.3) is 0 Å². The van der Waals surface area contributed by atoms with Crippen molar-refractivity contribution in [2.45, 2.75) is 26.2 Å². The van der Waals surface area contributed by atoms with Gasteiger partial charge in [-0.15, -0.1) is 0 Å². The SMILES string of the molecule is Cc1cccc(C(=O)NCC(=O)Nc2ccc3c(c2)CCC3)c1. The monoisotopic (exact) mass is 308 g/mol. The number of carbonyl (C=O) groups is 2. The first-order chi connectivity index (χ1) is 11.1. The zero-order chi connectivity index (χ0) is 16.2. The predicted molar refractivity (Wildman–Crippen MR) is 90.6 cm³/mol. The quantitative estimate of drug-likeness (QED) is 0.912. The molecule has 4 heteroatoms. The van der Waals surface area contributed by atoms with Crippen LogP contribution in [0.3, 0.4) is 0 Å². The lowest BCUT2D eigenvalue weighted by Crippen LogP contribution is -2.32. The van der Waals surface area contributed by atoms with Crippen molar-refractivity contribution in [1.82, 2.24) is 5.32 Å². The average Bonchev–Trinajstić information content (AvgIpc) is 3.00. The van der Waals surface area contributed by atoms with E-state index in [0.29, 0.717) is 5.56 Å². The summed E-state index contributed by atoms with van der Waals surface area (Å²) in [5.41, 5.74) is 5.05. The third-order valence-corrected chi connectivity index (χ3v) is 4.07. The summed E-state index contributed by atoms with van der Waals surface area (Å²) in [7, 11) is 0. The molecule has 2 aromatic carbocycles. The van der Waals surface area contributed by atoms with Gasteiger partial charge in [-0.2, -0.15) is 0 Å². The first-order valence-electron chi connectivity index (χ1n) is 7.88. The number of nitrogens with one attached hydrogen (secondary N) is 2.